The predicted octanol–water partition coefficient (Wildman–Crippen LogP) is 4.54. The quantitative estimate of drug-likeness (QED) is 0.596. The summed E-state index contributed by atoms with van der Waals surface area (Å²) >= 11 is 0. The minimum atomic E-state index is -0.0469. The lowest BCUT2D eigenvalue weighted by Gasteiger charge is -2.11. The molecule has 0 bridgehead atoms. The molecule has 0 spiro atoms. The minimum absolute atomic E-state index is 0.0275. The number of Topliss-reactive ketones (excluding diaryl/α,β-unsaturated/α-hetero) is 2. The van der Waals surface area contributed by atoms with Crippen molar-refractivity contribution >= 4 is 11.6 Å². The van der Waals surface area contributed by atoms with Gasteiger partial charge in [-0.05, 0) is 38.0 Å². The Labute approximate surface area is 164 Å². The first-order valence-electron chi connectivity index (χ1n) is 9.56. The average Bonchev–Trinajstić information content (AvgIpc) is 3.22. The van der Waals surface area contributed by atoms with Gasteiger partial charge in [0.1, 0.15) is 5.75 Å². The molecule has 0 aliphatic heterocycles. The van der Waals surface area contributed by atoms with Crippen LogP contribution in [0.1, 0.15) is 49.7 Å². The van der Waals surface area contributed by atoms with Crippen LogP contribution in [0.3, 0.4) is 0 Å². The number of carbonyl (C=O) groups excluding carboxylic acids is 2. The lowest BCUT2D eigenvalue weighted by molar-refractivity contribution is 0.0919. The van der Waals surface area contributed by atoms with Crippen LogP contribution in [-0.4, -0.2) is 22.7 Å². The van der Waals surface area contributed by atoms with Crippen molar-refractivity contribution in [1.29, 1.82) is 0 Å². The zero-order valence-electron chi connectivity index (χ0n) is 16.2. The van der Waals surface area contributed by atoms with Gasteiger partial charge < -0.3 is 9.30 Å². The largest absolute Gasteiger partial charge is 0.485 e. The fourth-order valence-corrected chi connectivity index (χ4v) is 3.91. The standard InChI is InChI=1S/C24H23NO3/c1-16-13-21(17(2)25(16)14-18-7-4-3-5-8-18)23(27)15-28-24-10-6-9-19-20(24)11-12-22(19)26/h3-10,13H,11-12,14-15H2,1-2H3. The molecule has 142 valence electrons. The molecule has 0 saturated heterocycles. The van der Waals surface area contributed by atoms with E-state index in [4.69, 9.17) is 4.74 Å². The number of fused-ring (bicyclic) bond motifs is 1. The van der Waals surface area contributed by atoms with Crippen molar-refractivity contribution in [2.45, 2.75) is 33.2 Å². The van der Waals surface area contributed by atoms with Crippen molar-refractivity contribution in [1.82, 2.24) is 4.57 Å². The number of hydrogen-bond acceptors (Lipinski definition) is 3. The number of nitrogens with zero attached hydrogens (tertiary/aromatic N) is 1. The Balaban J connectivity index is 1.50. The summed E-state index contributed by atoms with van der Waals surface area (Å²) in [4.78, 5) is 24.7. The van der Waals surface area contributed by atoms with Crippen LogP contribution >= 0.6 is 0 Å². The van der Waals surface area contributed by atoms with Gasteiger partial charge in [-0.2, -0.15) is 0 Å². The van der Waals surface area contributed by atoms with E-state index in [2.05, 4.69) is 16.7 Å². The minimum Gasteiger partial charge on any atom is -0.485 e. The van der Waals surface area contributed by atoms with Gasteiger partial charge in [0, 0.05) is 41.0 Å². The number of ketones is 2. The van der Waals surface area contributed by atoms with Crippen molar-refractivity contribution < 1.29 is 14.3 Å². The molecule has 4 heteroatoms. The lowest BCUT2D eigenvalue weighted by Crippen LogP contribution is -2.14. The molecule has 3 aromatic rings. The van der Waals surface area contributed by atoms with Crippen molar-refractivity contribution in [3.05, 3.63) is 88.2 Å². The van der Waals surface area contributed by atoms with E-state index in [1.54, 1.807) is 0 Å². The molecule has 0 atom stereocenters. The second kappa shape index (κ2) is 7.47. The zero-order chi connectivity index (χ0) is 19.7. The molecule has 2 aromatic carbocycles. The molecule has 1 heterocycles. The van der Waals surface area contributed by atoms with Crippen molar-refractivity contribution in [2.75, 3.05) is 6.61 Å². The molecule has 1 aliphatic carbocycles. The van der Waals surface area contributed by atoms with Gasteiger partial charge in [-0.1, -0.05) is 42.5 Å². The van der Waals surface area contributed by atoms with Gasteiger partial charge in [0.15, 0.2) is 12.4 Å². The number of aryl methyl sites for hydroxylation is 1. The van der Waals surface area contributed by atoms with Crippen molar-refractivity contribution in [3.63, 3.8) is 0 Å². The van der Waals surface area contributed by atoms with Crippen LogP contribution in [-0.2, 0) is 13.0 Å². The van der Waals surface area contributed by atoms with Crippen molar-refractivity contribution in [3.8, 4) is 5.75 Å². The Kier molecular flexibility index (Phi) is 4.86. The van der Waals surface area contributed by atoms with Crippen LogP contribution in [0.5, 0.6) is 5.75 Å². The average molecular weight is 373 g/mol. The molecule has 0 unspecified atom stereocenters. The number of benzene rings is 2. The van der Waals surface area contributed by atoms with E-state index < -0.39 is 0 Å². The SMILES string of the molecule is Cc1cc(C(=O)COc2cccc3c2CCC3=O)c(C)n1Cc1ccccc1. The summed E-state index contributed by atoms with van der Waals surface area (Å²) < 4.78 is 7.98. The van der Waals surface area contributed by atoms with Gasteiger partial charge in [0.25, 0.3) is 0 Å². The Hall–Kier alpha value is -3.14. The maximum atomic E-state index is 12.8. The Morgan fingerprint density at radius 2 is 1.82 bits per heavy atom. The fraction of sp³-hybridized carbons (Fsp3) is 0.250. The third kappa shape index (κ3) is 3.38. The van der Waals surface area contributed by atoms with E-state index in [1.165, 1.54) is 5.56 Å². The van der Waals surface area contributed by atoms with E-state index in [0.717, 1.165) is 29.1 Å². The van der Waals surface area contributed by atoms with Gasteiger partial charge in [-0.15, -0.1) is 0 Å². The summed E-state index contributed by atoms with van der Waals surface area (Å²) in [6, 6.07) is 17.6. The predicted molar refractivity (Wildman–Crippen MR) is 108 cm³/mol. The summed E-state index contributed by atoms with van der Waals surface area (Å²) in [5.41, 5.74) is 5.54. The van der Waals surface area contributed by atoms with E-state index in [-0.39, 0.29) is 18.2 Å². The van der Waals surface area contributed by atoms with Gasteiger partial charge in [0.2, 0.25) is 5.78 Å². The van der Waals surface area contributed by atoms with Gasteiger partial charge >= 0.3 is 0 Å². The molecule has 1 aromatic heterocycles. The monoisotopic (exact) mass is 373 g/mol. The summed E-state index contributed by atoms with van der Waals surface area (Å²) in [6.07, 6.45) is 1.20. The van der Waals surface area contributed by atoms with Crippen LogP contribution in [0.2, 0.25) is 0 Å². The first-order chi connectivity index (χ1) is 13.5. The van der Waals surface area contributed by atoms with Crippen LogP contribution in [0.25, 0.3) is 0 Å². The van der Waals surface area contributed by atoms with Gasteiger partial charge in [-0.3, -0.25) is 9.59 Å². The molecule has 4 nitrogen and oxygen atoms in total. The number of ether oxygens (including phenoxy) is 1. The molecular weight excluding hydrogens is 350 g/mol. The highest BCUT2D eigenvalue weighted by Gasteiger charge is 2.23. The summed E-state index contributed by atoms with van der Waals surface area (Å²) in [6.45, 7) is 4.70. The number of aromatic nitrogens is 1. The third-order valence-corrected chi connectivity index (χ3v) is 5.45. The number of carbonyl (C=O) groups is 2. The van der Waals surface area contributed by atoms with E-state index >= 15 is 0 Å². The molecule has 0 amide bonds. The first kappa shape index (κ1) is 18.2. The third-order valence-electron chi connectivity index (χ3n) is 5.45. The molecule has 0 saturated carbocycles. The topological polar surface area (TPSA) is 48.3 Å². The van der Waals surface area contributed by atoms with E-state index in [1.807, 2.05) is 56.3 Å². The highest BCUT2D eigenvalue weighted by Crippen LogP contribution is 2.30. The number of hydrogen-bond donors (Lipinski definition) is 0. The van der Waals surface area contributed by atoms with E-state index in [9.17, 15) is 9.59 Å². The van der Waals surface area contributed by atoms with Gasteiger partial charge in [-0.25, -0.2) is 0 Å². The normalized spacial score (nSPS) is 12.9. The molecular formula is C24H23NO3. The zero-order valence-corrected chi connectivity index (χ0v) is 16.2. The molecule has 28 heavy (non-hydrogen) atoms. The van der Waals surface area contributed by atoms with E-state index in [0.29, 0.717) is 24.2 Å². The second-order valence-corrected chi connectivity index (χ2v) is 7.27. The van der Waals surface area contributed by atoms with Crippen LogP contribution < -0.4 is 4.74 Å². The molecule has 1 aliphatic rings. The molecule has 4 rings (SSSR count). The maximum absolute atomic E-state index is 12.8. The smallest absolute Gasteiger partial charge is 0.202 e. The molecule has 0 N–H and O–H groups in total. The Morgan fingerprint density at radius 1 is 1.04 bits per heavy atom. The summed E-state index contributed by atoms with van der Waals surface area (Å²) in [5.74, 6) is 0.750. The Morgan fingerprint density at radius 3 is 2.61 bits per heavy atom. The highest BCUT2D eigenvalue weighted by atomic mass is 16.5. The Bertz CT molecular complexity index is 1050. The van der Waals surface area contributed by atoms with Gasteiger partial charge in [0.05, 0.1) is 0 Å². The molecule has 0 fully saturated rings. The second-order valence-electron chi connectivity index (χ2n) is 7.27. The maximum Gasteiger partial charge on any atom is 0.202 e. The summed E-state index contributed by atoms with van der Waals surface area (Å²) in [5, 5.41) is 0. The van der Waals surface area contributed by atoms with Crippen LogP contribution in [0, 0.1) is 13.8 Å². The molecule has 0 radical (unpaired) electrons. The summed E-state index contributed by atoms with van der Waals surface area (Å²) in [7, 11) is 0. The highest BCUT2D eigenvalue weighted by molar-refractivity contribution is 6.01. The van der Waals surface area contributed by atoms with Crippen LogP contribution in [0.15, 0.2) is 54.6 Å². The van der Waals surface area contributed by atoms with Crippen molar-refractivity contribution in [2.24, 2.45) is 0 Å². The lowest BCUT2D eigenvalue weighted by atomic mass is 10.1. The fourth-order valence-electron chi connectivity index (χ4n) is 3.91. The first-order valence-corrected chi connectivity index (χ1v) is 9.56. The van der Waals surface area contributed by atoms with Crippen LogP contribution in [0.4, 0.5) is 0 Å². The number of rotatable bonds is 6.